The van der Waals surface area contributed by atoms with Crippen LogP contribution in [0.25, 0.3) is 0 Å². The number of amides is 1. The van der Waals surface area contributed by atoms with Crippen LogP contribution in [0.5, 0.6) is 0 Å². The van der Waals surface area contributed by atoms with Crippen LogP contribution in [-0.4, -0.2) is 20.1 Å². The van der Waals surface area contributed by atoms with Crippen LogP contribution in [0.1, 0.15) is 48.9 Å². The molecule has 1 N–H and O–H groups in total. The highest BCUT2D eigenvalue weighted by Crippen LogP contribution is 2.25. The van der Waals surface area contributed by atoms with E-state index in [1.54, 1.807) is 0 Å². The summed E-state index contributed by atoms with van der Waals surface area (Å²) in [6, 6.07) is 12.2. The van der Waals surface area contributed by atoms with Crippen LogP contribution in [0.15, 0.2) is 47.4 Å². The van der Waals surface area contributed by atoms with Gasteiger partial charge in [0.05, 0.1) is 16.7 Å². The molecule has 2 aromatic carbocycles. The fourth-order valence-electron chi connectivity index (χ4n) is 3.41. The number of sulfone groups is 1. The van der Waals surface area contributed by atoms with Crippen LogP contribution in [0.3, 0.4) is 0 Å². The molecule has 1 aliphatic carbocycles. The van der Waals surface area contributed by atoms with Gasteiger partial charge in [-0.25, -0.2) is 8.42 Å². The number of carbonyl (C=O) groups is 1. The number of benzene rings is 2. The van der Waals surface area contributed by atoms with Crippen LogP contribution in [0, 0.1) is 0 Å². The number of aryl methyl sites for hydroxylation is 2. The SMILES string of the molecule is CC(NC(=O)CCS(=O)(=O)c1ccc(Cl)cc1)c1ccc2c(c1)CCCC2. The zero-order valence-corrected chi connectivity index (χ0v) is 16.9. The van der Waals surface area contributed by atoms with Crippen molar-refractivity contribution in [2.45, 2.75) is 50.0 Å². The second kappa shape index (κ2) is 8.44. The van der Waals surface area contributed by atoms with Gasteiger partial charge in [-0.2, -0.15) is 0 Å². The number of hydrogen-bond donors (Lipinski definition) is 1. The minimum absolute atomic E-state index is 0.0692. The minimum Gasteiger partial charge on any atom is -0.350 e. The van der Waals surface area contributed by atoms with Crippen molar-refractivity contribution in [1.29, 1.82) is 0 Å². The molecule has 1 amide bonds. The quantitative estimate of drug-likeness (QED) is 0.780. The fraction of sp³-hybridized carbons (Fsp3) is 0.381. The number of carbonyl (C=O) groups excluding carboxylic acids is 1. The molecule has 0 bridgehead atoms. The molecular weight excluding hydrogens is 382 g/mol. The lowest BCUT2D eigenvalue weighted by Crippen LogP contribution is -2.28. The van der Waals surface area contributed by atoms with Crippen LogP contribution >= 0.6 is 11.6 Å². The maximum Gasteiger partial charge on any atom is 0.221 e. The molecular formula is C21H24ClNO3S. The van der Waals surface area contributed by atoms with Gasteiger partial charge in [0.15, 0.2) is 9.84 Å². The predicted molar refractivity (Wildman–Crippen MR) is 108 cm³/mol. The monoisotopic (exact) mass is 405 g/mol. The van der Waals surface area contributed by atoms with Gasteiger partial charge < -0.3 is 5.32 Å². The minimum atomic E-state index is -3.50. The van der Waals surface area contributed by atoms with E-state index in [4.69, 9.17) is 11.6 Å². The van der Waals surface area contributed by atoms with Gasteiger partial charge >= 0.3 is 0 Å². The lowest BCUT2D eigenvalue weighted by Gasteiger charge is -2.20. The first kappa shape index (κ1) is 19.9. The Morgan fingerprint density at radius 1 is 1.07 bits per heavy atom. The molecule has 4 nitrogen and oxygen atoms in total. The van der Waals surface area contributed by atoms with Gasteiger partial charge in [-0.05, 0) is 73.6 Å². The molecule has 0 aromatic heterocycles. The first-order valence-electron chi connectivity index (χ1n) is 9.24. The number of halogens is 1. The van der Waals surface area contributed by atoms with E-state index in [-0.39, 0.29) is 29.0 Å². The van der Waals surface area contributed by atoms with Crippen molar-refractivity contribution in [2.24, 2.45) is 0 Å². The maximum atomic E-state index is 12.3. The van der Waals surface area contributed by atoms with Crippen LogP contribution < -0.4 is 5.32 Å². The van der Waals surface area contributed by atoms with Gasteiger partial charge in [0, 0.05) is 11.4 Å². The molecule has 2 aromatic rings. The van der Waals surface area contributed by atoms with E-state index in [2.05, 4.69) is 23.5 Å². The average molecular weight is 406 g/mol. The van der Waals surface area contributed by atoms with Gasteiger partial charge in [0.2, 0.25) is 5.91 Å². The molecule has 0 aliphatic heterocycles. The summed E-state index contributed by atoms with van der Waals surface area (Å²) in [6.07, 6.45) is 4.59. The van der Waals surface area contributed by atoms with Gasteiger partial charge in [-0.3, -0.25) is 4.79 Å². The highest BCUT2D eigenvalue weighted by Gasteiger charge is 2.18. The normalized spacial score (nSPS) is 15.0. The summed E-state index contributed by atoms with van der Waals surface area (Å²) >= 11 is 5.79. The second-order valence-electron chi connectivity index (χ2n) is 7.05. The molecule has 1 unspecified atom stereocenters. The number of nitrogens with one attached hydrogen (secondary N) is 1. The summed E-state index contributed by atoms with van der Waals surface area (Å²) in [5.74, 6) is -0.491. The van der Waals surface area contributed by atoms with Gasteiger partial charge in [-0.15, -0.1) is 0 Å². The maximum absolute atomic E-state index is 12.3. The lowest BCUT2D eigenvalue weighted by molar-refractivity contribution is -0.121. The van der Waals surface area contributed by atoms with Crippen LogP contribution in [0.2, 0.25) is 5.02 Å². The summed E-state index contributed by atoms with van der Waals surface area (Å²) in [5.41, 5.74) is 3.83. The van der Waals surface area contributed by atoms with Crippen molar-refractivity contribution in [2.75, 3.05) is 5.75 Å². The summed E-state index contributed by atoms with van der Waals surface area (Å²) < 4.78 is 24.7. The summed E-state index contributed by atoms with van der Waals surface area (Å²) in [6.45, 7) is 1.93. The van der Waals surface area contributed by atoms with E-state index in [1.807, 2.05) is 6.92 Å². The van der Waals surface area contributed by atoms with E-state index < -0.39 is 9.84 Å². The molecule has 3 rings (SSSR count). The van der Waals surface area contributed by atoms with Crippen molar-refractivity contribution in [3.63, 3.8) is 0 Å². The zero-order chi connectivity index (χ0) is 19.4. The Balaban J connectivity index is 1.58. The van der Waals surface area contributed by atoms with E-state index in [1.165, 1.54) is 48.2 Å². The first-order chi connectivity index (χ1) is 12.8. The van der Waals surface area contributed by atoms with Gasteiger partial charge in [0.25, 0.3) is 0 Å². The zero-order valence-electron chi connectivity index (χ0n) is 15.4. The smallest absolute Gasteiger partial charge is 0.221 e. The third-order valence-corrected chi connectivity index (χ3v) is 7.00. The molecule has 0 heterocycles. The van der Waals surface area contributed by atoms with E-state index in [0.717, 1.165) is 18.4 Å². The summed E-state index contributed by atoms with van der Waals surface area (Å²) in [5, 5.41) is 3.39. The third kappa shape index (κ3) is 5.11. The van der Waals surface area contributed by atoms with Crippen molar-refractivity contribution in [3.8, 4) is 0 Å². The Morgan fingerprint density at radius 2 is 1.74 bits per heavy atom. The van der Waals surface area contributed by atoms with Crippen LogP contribution in [-0.2, 0) is 27.5 Å². The second-order valence-corrected chi connectivity index (χ2v) is 9.59. The Morgan fingerprint density at radius 3 is 2.44 bits per heavy atom. The predicted octanol–water partition coefficient (Wildman–Crippen LogP) is 4.26. The number of hydrogen-bond acceptors (Lipinski definition) is 3. The largest absolute Gasteiger partial charge is 0.350 e. The van der Waals surface area contributed by atoms with Gasteiger partial charge in [0.1, 0.15) is 0 Å². The van der Waals surface area contributed by atoms with E-state index >= 15 is 0 Å². The molecule has 0 fully saturated rings. The lowest BCUT2D eigenvalue weighted by atomic mass is 9.89. The molecule has 144 valence electrons. The number of rotatable bonds is 6. The Hall–Kier alpha value is -1.85. The van der Waals surface area contributed by atoms with Crippen molar-refractivity contribution < 1.29 is 13.2 Å². The Bertz CT molecular complexity index is 923. The fourth-order valence-corrected chi connectivity index (χ4v) is 4.77. The van der Waals surface area contributed by atoms with Crippen molar-refractivity contribution in [1.82, 2.24) is 5.32 Å². The molecule has 27 heavy (non-hydrogen) atoms. The molecule has 1 atom stereocenters. The first-order valence-corrected chi connectivity index (χ1v) is 11.3. The summed E-state index contributed by atoms with van der Waals surface area (Å²) in [4.78, 5) is 12.4. The average Bonchev–Trinajstić information content (AvgIpc) is 2.66. The standard InChI is InChI=1S/C21H24ClNO3S/c1-15(17-7-6-16-4-2-3-5-18(16)14-17)23-21(24)12-13-27(25,26)20-10-8-19(22)9-11-20/h6-11,14-15H,2-5,12-13H2,1H3,(H,23,24). The topological polar surface area (TPSA) is 63.2 Å². The van der Waals surface area contributed by atoms with Crippen LogP contribution in [0.4, 0.5) is 0 Å². The third-order valence-electron chi connectivity index (χ3n) is 5.02. The highest BCUT2D eigenvalue weighted by atomic mass is 35.5. The molecule has 0 saturated carbocycles. The molecule has 0 saturated heterocycles. The Kier molecular flexibility index (Phi) is 6.22. The van der Waals surface area contributed by atoms with E-state index in [0.29, 0.717) is 5.02 Å². The summed E-state index contributed by atoms with van der Waals surface area (Å²) in [7, 11) is -3.50. The highest BCUT2D eigenvalue weighted by molar-refractivity contribution is 7.91. The molecule has 0 spiro atoms. The Labute approximate surface area is 165 Å². The van der Waals surface area contributed by atoms with Gasteiger partial charge in [-0.1, -0.05) is 29.8 Å². The molecule has 1 aliphatic rings. The van der Waals surface area contributed by atoms with Crippen molar-refractivity contribution >= 4 is 27.3 Å². The van der Waals surface area contributed by atoms with E-state index in [9.17, 15) is 13.2 Å². The molecule has 0 radical (unpaired) electrons. The van der Waals surface area contributed by atoms with Crippen molar-refractivity contribution in [3.05, 3.63) is 64.2 Å². The molecule has 6 heteroatoms. The number of fused-ring (bicyclic) bond motifs is 1.